The van der Waals surface area contributed by atoms with Gasteiger partial charge in [0, 0.05) is 5.69 Å². The van der Waals surface area contributed by atoms with Gasteiger partial charge in [-0.3, -0.25) is 4.79 Å². The number of hydrogen-bond acceptors (Lipinski definition) is 4. The minimum absolute atomic E-state index is 0.266. The fraction of sp³-hybridized carbons (Fsp3) is 0.231. The fourth-order valence-corrected chi connectivity index (χ4v) is 1.60. The van der Waals surface area contributed by atoms with E-state index in [-0.39, 0.29) is 6.01 Å². The van der Waals surface area contributed by atoms with Crippen LogP contribution in [0, 0.1) is 0 Å². The lowest BCUT2D eigenvalue weighted by molar-refractivity contribution is -0.141. The Kier molecular flexibility index (Phi) is 3.88. The van der Waals surface area contributed by atoms with Crippen molar-refractivity contribution in [2.75, 3.05) is 5.32 Å². The van der Waals surface area contributed by atoms with Crippen LogP contribution in [0.4, 0.5) is 24.9 Å². The van der Waals surface area contributed by atoms with Gasteiger partial charge in [0.25, 0.3) is 6.01 Å². The molecule has 1 heterocycles. The van der Waals surface area contributed by atoms with E-state index in [1.54, 1.807) is 31.2 Å². The largest absolute Gasteiger partial charge is 0.436 e. The van der Waals surface area contributed by atoms with E-state index >= 15 is 0 Å². The number of oxazole rings is 1. The van der Waals surface area contributed by atoms with E-state index < -0.39 is 23.7 Å². The van der Waals surface area contributed by atoms with Crippen molar-refractivity contribution in [3.63, 3.8) is 0 Å². The molecule has 0 aliphatic heterocycles. The quantitative estimate of drug-likeness (QED) is 0.909. The number of nitrogens with zero attached hydrogens (tertiary/aromatic N) is 1. The lowest BCUT2D eigenvalue weighted by atomic mass is 10.0. The topological polar surface area (TPSA) is 81.2 Å². The van der Waals surface area contributed by atoms with Crippen molar-refractivity contribution >= 4 is 17.6 Å². The maximum Gasteiger partial charge on any atom is 0.436 e. The van der Waals surface area contributed by atoms with Crippen LogP contribution in [0.5, 0.6) is 0 Å². The van der Waals surface area contributed by atoms with Crippen LogP contribution in [0.2, 0.25) is 0 Å². The molecule has 112 valence electrons. The summed E-state index contributed by atoms with van der Waals surface area (Å²) >= 11 is 0. The highest BCUT2D eigenvalue weighted by Crippen LogP contribution is 2.30. The summed E-state index contributed by atoms with van der Waals surface area (Å²) in [6.45, 7) is 1.66. The minimum atomic E-state index is -4.55. The third-order valence-corrected chi connectivity index (χ3v) is 2.88. The number of amides is 1. The summed E-state index contributed by atoms with van der Waals surface area (Å²) in [5.41, 5.74) is 5.26. The Bertz CT molecular complexity index is 635. The molecule has 0 bridgehead atoms. The second-order valence-corrected chi connectivity index (χ2v) is 4.41. The van der Waals surface area contributed by atoms with E-state index in [1.807, 2.05) is 0 Å². The van der Waals surface area contributed by atoms with Crippen LogP contribution in [0.25, 0.3) is 0 Å². The monoisotopic (exact) mass is 299 g/mol. The second kappa shape index (κ2) is 5.47. The van der Waals surface area contributed by atoms with E-state index in [9.17, 15) is 18.0 Å². The van der Waals surface area contributed by atoms with Crippen molar-refractivity contribution < 1.29 is 22.4 Å². The Morgan fingerprint density at radius 1 is 1.33 bits per heavy atom. The molecule has 8 heteroatoms. The number of nitrogens with two attached hydrogens (primary N) is 1. The molecule has 0 spiro atoms. The SMILES string of the molecule is C[C@H](C(N)=O)c1ccc(Nc2nc(C(F)(F)F)co2)cc1. The smallest absolute Gasteiger partial charge is 0.431 e. The second-order valence-electron chi connectivity index (χ2n) is 4.41. The van der Waals surface area contributed by atoms with Crippen molar-refractivity contribution in [3.05, 3.63) is 41.8 Å². The maximum absolute atomic E-state index is 12.4. The molecule has 2 rings (SSSR count). The van der Waals surface area contributed by atoms with Gasteiger partial charge < -0.3 is 15.5 Å². The van der Waals surface area contributed by atoms with E-state index in [2.05, 4.69) is 10.3 Å². The summed E-state index contributed by atoms with van der Waals surface area (Å²) in [7, 11) is 0. The number of anilines is 2. The minimum Gasteiger partial charge on any atom is -0.431 e. The van der Waals surface area contributed by atoms with Crippen molar-refractivity contribution in [2.45, 2.75) is 19.0 Å². The first-order valence-electron chi connectivity index (χ1n) is 5.96. The van der Waals surface area contributed by atoms with Crippen LogP contribution >= 0.6 is 0 Å². The molecule has 5 nitrogen and oxygen atoms in total. The molecule has 0 aliphatic carbocycles. The summed E-state index contributed by atoms with van der Waals surface area (Å²) in [5.74, 6) is -0.907. The highest BCUT2D eigenvalue weighted by molar-refractivity contribution is 5.81. The van der Waals surface area contributed by atoms with Crippen molar-refractivity contribution in [3.8, 4) is 0 Å². The number of nitrogens with one attached hydrogen (secondary N) is 1. The number of hydrogen-bond donors (Lipinski definition) is 2. The average Bonchev–Trinajstić information content (AvgIpc) is 2.87. The van der Waals surface area contributed by atoms with Gasteiger partial charge in [0.2, 0.25) is 5.91 Å². The molecule has 0 radical (unpaired) electrons. The van der Waals surface area contributed by atoms with E-state index in [1.165, 1.54) is 0 Å². The molecule has 3 N–H and O–H groups in total. The van der Waals surface area contributed by atoms with Crippen LogP contribution in [-0.4, -0.2) is 10.9 Å². The molecule has 21 heavy (non-hydrogen) atoms. The predicted molar refractivity (Wildman–Crippen MR) is 68.8 cm³/mol. The van der Waals surface area contributed by atoms with E-state index in [4.69, 9.17) is 10.2 Å². The van der Waals surface area contributed by atoms with Gasteiger partial charge in [-0.25, -0.2) is 0 Å². The molecule has 2 aromatic rings. The number of primary amides is 1. The summed E-state index contributed by atoms with van der Waals surface area (Å²) in [6.07, 6.45) is -4.02. The molecule has 0 fully saturated rings. The highest BCUT2D eigenvalue weighted by atomic mass is 19.4. The third kappa shape index (κ3) is 3.53. The number of aromatic nitrogens is 1. The Hall–Kier alpha value is -2.51. The zero-order valence-corrected chi connectivity index (χ0v) is 10.9. The first kappa shape index (κ1) is 14.9. The summed E-state index contributed by atoms with van der Waals surface area (Å²) in [6, 6.07) is 6.20. The summed E-state index contributed by atoms with van der Waals surface area (Å²) in [4.78, 5) is 14.3. The highest BCUT2D eigenvalue weighted by Gasteiger charge is 2.34. The Labute approximate surface area is 118 Å². The van der Waals surface area contributed by atoms with Gasteiger partial charge in [0.1, 0.15) is 6.26 Å². The lowest BCUT2D eigenvalue weighted by Gasteiger charge is -2.08. The molecule has 0 saturated carbocycles. The number of carbonyl (C=O) groups is 1. The predicted octanol–water partition coefficient (Wildman–Crippen LogP) is 3.03. The van der Waals surface area contributed by atoms with Crippen molar-refractivity contribution in [1.82, 2.24) is 4.98 Å². The Morgan fingerprint density at radius 2 is 1.95 bits per heavy atom. The van der Waals surface area contributed by atoms with Crippen LogP contribution in [-0.2, 0) is 11.0 Å². The number of benzene rings is 1. The van der Waals surface area contributed by atoms with Crippen LogP contribution in [0.1, 0.15) is 24.1 Å². The van der Waals surface area contributed by atoms with Gasteiger partial charge in [-0.15, -0.1) is 0 Å². The number of rotatable bonds is 4. The van der Waals surface area contributed by atoms with Crippen LogP contribution in [0.3, 0.4) is 0 Å². The van der Waals surface area contributed by atoms with Crippen LogP contribution in [0.15, 0.2) is 34.9 Å². The number of carbonyl (C=O) groups excluding carboxylic acids is 1. The molecule has 0 unspecified atom stereocenters. The number of halogens is 3. The average molecular weight is 299 g/mol. The Morgan fingerprint density at radius 3 is 2.43 bits per heavy atom. The molecule has 1 atom stereocenters. The maximum atomic E-state index is 12.4. The van der Waals surface area contributed by atoms with E-state index in [0.717, 1.165) is 0 Å². The Balaban J connectivity index is 2.10. The fourth-order valence-electron chi connectivity index (χ4n) is 1.60. The first-order valence-corrected chi connectivity index (χ1v) is 5.96. The standard InChI is InChI=1S/C13H12F3N3O2/c1-7(11(17)20)8-2-4-9(5-3-8)18-12-19-10(6-21-12)13(14,15)16/h2-7H,1H3,(H2,17,20)(H,18,19)/t7-/m0/s1. The summed E-state index contributed by atoms with van der Waals surface area (Å²) < 4.78 is 41.8. The molecule has 0 aliphatic rings. The van der Waals surface area contributed by atoms with Gasteiger partial charge in [0.15, 0.2) is 5.69 Å². The van der Waals surface area contributed by atoms with Gasteiger partial charge >= 0.3 is 6.18 Å². The van der Waals surface area contributed by atoms with Gasteiger partial charge in [0.05, 0.1) is 5.92 Å². The molecular weight excluding hydrogens is 287 g/mol. The van der Waals surface area contributed by atoms with Gasteiger partial charge in [-0.1, -0.05) is 12.1 Å². The number of alkyl halides is 3. The molecule has 1 aromatic carbocycles. The zero-order valence-electron chi connectivity index (χ0n) is 10.9. The first-order chi connectivity index (χ1) is 9.77. The zero-order chi connectivity index (χ0) is 15.6. The molecular formula is C13H12F3N3O2. The summed E-state index contributed by atoms with van der Waals surface area (Å²) in [5, 5.41) is 2.60. The normalized spacial score (nSPS) is 13.0. The van der Waals surface area contributed by atoms with Gasteiger partial charge in [-0.2, -0.15) is 18.2 Å². The van der Waals surface area contributed by atoms with Crippen molar-refractivity contribution in [1.29, 1.82) is 0 Å². The van der Waals surface area contributed by atoms with Gasteiger partial charge in [-0.05, 0) is 24.6 Å². The lowest BCUT2D eigenvalue weighted by Crippen LogP contribution is -2.18. The third-order valence-electron chi connectivity index (χ3n) is 2.88. The van der Waals surface area contributed by atoms with E-state index in [0.29, 0.717) is 17.5 Å². The van der Waals surface area contributed by atoms with Crippen molar-refractivity contribution in [2.24, 2.45) is 5.73 Å². The van der Waals surface area contributed by atoms with Crippen LogP contribution < -0.4 is 11.1 Å². The molecule has 1 aromatic heterocycles. The molecule has 0 saturated heterocycles. The molecule has 1 amide bonds.